The van der Waals surface area contributed by atoms with E-state index < -0.39 is 24.0 Å². The molecule has 0 unspecified atom stereocenters. The summed E-state index contributed by atoms with van der Waals surface area (Å²) in [4.78, 5) is 0. The molecule has 0 rings (SSSR count). The van der Waals surface area contributed by atoms with Crippen LogP contribution < -0.4 is 11.5 Å². The Morgan fingerprint density at radius 3 is 0.857 bits per heavy atom. The molecule has 0 heterocycles. The van der Waals surface area contributed by atoms with Crippen LogP contribution in [-0.4, -0.2) is 25.9 Å². The van der Waals surface area contributed by atoms with E-state index in [1.165, 1.54) is 0 Å². The zero-order chi connectivity index (χ0) is 12.6. The van der Waals surface area contributed by atoms with Crippen LogP contribution in [0.1, 0.15) is 0 Å². The van der Waals surface area contributed by atoms with Crippen molar-refractivity contribution in [2.45, 2.75) is 12.6 Å². The van der Waals surface area contributed by atoms with Gasteiger partial charge in [0.05, 0.1) is 0 Å². The molecular weight excluding hydrogens is 246 g/mol. The van der Waals surface area contributed by atoms with Crippen molar-refractivity contribution in [3.05, 3.63) is 0 Å². The Balaban J connectivity index is -0.000000131. The molecule has 0 fully saturated rings. The highest BCUT2D eigenvalue weighted by atomic mass is 32.2. The lowest BCUT2D eigenvalue weighted by atomic mass is 11.3. The fourth-order valence-corrected chi connectivity index (χ4v) is 0. The number of hydrogen-bond donors (Lipinski definition) is 4. The van der Waals surface area contributed by atoms with E-state index in [4.69, 9.17) is 13.3 Å². The number of hydrogen-bond acceptors (Lipinski definition) is 3. The molecule has 0 aromatic rings. The van der Waals surface area contributed by atoms with Gasteiger partial charge in [-0.25, -0.2) is 11.5 Å². The summed E-state index contributed by atoms with van der Waals surface area (Å²) >= 11 is -2.61. The summed E-state index contributed by atoms with van der Waals surface area (Å²) in [5.74, 6) is 0. The van der Waals surface area contributed by atoms with Crippen molar-refractivity contribution >= 4 is 11.4 Å². The van der Waals surface area contributed by atoms with Crippen molar-refractivity contribution in [1.29, 1.82) is 0 Å². The molecule has 0 saturated carbocycles. The zero-order valence-electron chi connectivity index (χ0n) is 6.13. The monoisotopic (exact) mass is 252 g/mol. The van der Waals surface area contributed by atoms with Gasteiger partial charge in [0.15, 0.2) is 0 Å². The molecule has 6 N–H and O–H groups in total. The van der Waals surface area contributed by atoms with Gasteiger partial charge in [0.25, 0.3) is 11.4 Å². The third-order valence-corrected chi connectivity index (χ3v) is 0. The fraction of sp³-hybridized carbons (Fsp3) is 1.00. The van der Waals surface area contributed by atoms with Crippen LogP contribution in [0.25, 0.3) is 0 Å². The molecule has 0 aliphatic rings. The molecule has 0 bridgehead atoms. The minimum atomic E-state index is -4.50. The van der Waals surface area contributed by atoms with E-state index in [0.29, 0.717) is 0 Å². The van der Waals surface area contributed by atoms with Gasteiger partial charge in [-0.1, -0.05) is 0 Å². The first-order valence-electron chi connectivity index (χ1n) is 2.24. The maximum atomic E-state index is 10.1. The second-order valence-electron chi connectivity index (χ2n) is 1.31. The zero-order valence-corrected chi connectivity index (χ0v) is 6.95. The molecule has 0 atom stereocenters. The topological polar surface area (TPSA) is 110 Å². The Labute approximate surface area is 76.2 Å². The minimum Gasteiger partial charge on any atom is -0.284 e. The van der Waals surface area contributed by atoms with Crippen LogP contribution in [0.3, 0.4) is 0 Å². The normalized spacial score (nSPS) is 11.1. The third-order valence-electron chi connectivity index (χ3n) is 0. The van der Waals surface area contributed by atoms with Crippen LogP contribution >= 0.6 is 0 Å². The van der Waals surface area contributed by atoms with E-state index >= 15 is 0 Å². The molecule has 12 heteroatoms. The number of halogens is 6. The van der Waals surface area contributed by atoms with Gasteiger partial charge in [-0.2, -0.15) is 30.6 Å². The van der Waals surface area contributed by atoms with Crippen molar-refractivity contribution < 1.29 is 39.7 Å². The Bertz CT molecular complexity index is 128. The molecule has 0 aromatic carbocycles. The van der Waals surface area contributed by atoms with Crippen molar-refractivity contribution in [3.8, 4) is 0 Å². The summed E-state index contributed by atoms with van der Waals surface area (Å²) in [5, 5.41) is 0. The maximum Gasteiger partial charge on any atom is 0.454 e. The predicted molar refractivity (Wildman–Crippen MR) is 33.9 cm³/mol. The second-order valence-corrected chi connectivity index (χ2v) is 1.78. The Hall–Kier alpha value is -0.430. The van der Waals surface area contributed by atoms with Crippen LogP contribution in [-0.2, 0) is 11.4 Å². The molecule has 90 valence electrons. The Kier molecular flexibility index (Phi) is 10.9. The molecule has 14 heavy (non-hydrogen) atoms. The van der Waals surface area contributed by atoms with E-state index in [2.05, 4.69) is 11.5 Å². The van der Waals surface area contributed by atoms with E-state index in [1.807, 2.05) is 0 Å². The largest absolute Gasteiger partial charge is 0.454 e. The molecule has 0 spiro atoms. The van der Waals surface area contributed by atoms with Gasteiger partial charge in [-0.05, 0) is 0 Å². The van der Waals surface area contributed by atoms with Crippen LogP contribution in [0.2, 0.25) is 0 Å². The third kappa shape index (κ3) is 6990. The second kappa shape index (κ2) is 7.93. The lowest BCUT2D eigenvalue weighted by Crippen LogP contribution is -2.20. The molecule has 0 aromatic heterocycles. The first-order valence-corrected chi connectivity index (χ1v) is 3.31. The first-order chi connectivity index (χ1) is 5.73. The average Bonchev–Trinajstić information content (AvgIpc) is 1.45. The summed E-state index contributed by atoms with van der Waals surface area (Å²) in [6.07, 6.45) is -9.00. The van der Waals surface area contributed by atoms with E-state index in [1.54, 1.807) is 0 Å². The molecule has 0 amide bonds. The molecular formula is C2H6F6N2O3S. The van der Waals surface area contributed by atoms with Crippen LogP contribution in [0.4, 0.5) is 26.3 Å². The fourth-order valence-electron chi connectivity index (χ4n) is 0. The number of alkyl halides is 6. The number of rotatable bonds is 0. The smallest absolute Gasteiger partial charge is 0.284 e. The molecule has 0 radical (unpaired) electrons. The van der Waals surface area contributed by atoms with E-state index in [9.17, 15) is 26.3 Å². The van der Waals surface area contributed by atoms with Crippen LogP contribution in [0.5, 0.6) is 0 Å². The van der Waals surface area contributed by atoms with Gasteiger partial charge in [-0.15, -0.1) is 0 Å². The van der Waals surface area contributed by atoms with Gasteiger partial charge >= 0.3 is 12.6 Å². The summed E-state index contributed by atoms with van der Waals surface area (Å²) in [5.41, 5.74) is 6.71. The lowest BCUT2D eigenvalue weighted by molar-refractivity contribution is -0.123. The quantitative estimate of drug-likeness (QED) is 0.287. The Morgan fingerprint density at radius 2 is 0.857 bits per heavy atom. The highest BCUT2D eigenvalue weighted by Crippen LogP contribution is 2.02. The van der Waals surface area contributed by atoms with Crippen molar-refractivity contribution in [2.24, 2.45) is 11.5 Å². The first kappa shape index (κ1) is 19.2. The summed E-state index contributed by atoms with van der Waals surface area (Å²) in [6.45, 7) is 0. The SMILES string of the molecule is NC(F)(F)F.NC(F)(F)F.O=S(O)O. The van der Waals surface area contributed by atoms with Crippen LogP contribution in [0, 0.1) is 0 Å². The summed E-state index contributed by atoms with van der Waals surface area (Å²) < 4.78 is 83.6. The maximum absolute atomic E-state index is 10.1. The minimum absolute atomic E-state index is 2.61. The van der Waals surface area contributed by atoms with Gasteiger partial charge < -0.3 is 0 Å². The Morgan fingerprint density at radius 1 is 0.857 bits per heavy atom. The van der Waals surface area contributed by atoms with Crippen molar-refractivity contribution in [2.75, 3.05) is 0 Å². The highest BCUT2D eigenvalue weighted by Gasteiger charge is 2.17. The molecule has 0 aliphatic heterocycles. The highest BCUT2D eigenvalue weighted by molar-refractivity contribution is 7.73. The van der Waals surface area contributed by atoms with Gasteiger partial charge in [0.1, 0.15) is 0 Å². The standard InChI is InChI=1S/2CH2F3N.H2O3S/c2*2-1(3,4)5;1-4(2)3/h2*5H2;(H2,1,2,3). The van der Waals surface area contributed by atoms with Crippen LogP contribution in [0.15, 0.2) is 0 Å². The lowest BCUT2D eigenvalue weighted by Gasteiger charge is -1.89. The van der Waals surface area contributed by atoms with E-state index in [-0.39, 0.29) is 0 Å². The molecule has 0 saturated heterocycles. The van der Waals surface area contributed by atoms with Gasteiger partial charge in [0, 0.05) is 0 Å². The van der Waals surface area contributed by atoms with E-state index in [0.717, 1.165) is 0 Å². The van der Waals surface area contributed by atoms with Gasteiger partial charge in [-0.3, -0.25) is 9.11 Å². The van der Waals surface area contributed by atoms with Gasteiger partial charge in [0.2, 0.25) is 0 Å². The predicted octanol–water partition coefficient (Wildman–Crippen LogP) is 0.611. The molecule has 5 nitrogen and oxygen atoms in total. The summed E-state index contributed by atoms with van der Waals surface area (Å²) in [6, 6.07) is 0. The summed E-state index contributed by atoms with van der Waals surface area (Å²) in [7, 11) is 0. The number of nitrogens with two attached hydrogens (primary N) is 2. The molecule has 0 aliphatic carbocycles. The van der Waals surface area contributed by atoms with Crippen molar-refractivity contribution in [1.82, 2.24) is 0 Å². The average molecular weight is 252 g/mol. The van der Waals surface area contributed by atoms with Crippen molar-refractivity contribution in [3.63, 3.8) is 0 Å².